The summed E-state index contributed by atoms with van der Waals surface area (Å²) in [5.74, 6) is -0.440. The summed E-state index contributed by atoms with van der Waals surface area (Å²) >= 11 is 3.21. The van der Waals surface area contributed by atoms with E-state index in [2.05, 4.69) is 20.9 Å². The Morgan fingerprint density at radius 1 is 1.77 bits per heavy atom. The van der Waals surface area contributed by atoms with Gasteiger partial charge in [0, 0.05) is 10.7 Å². The predicted octanol–water partition coefficient (Wildman–Crippen LogP) is 1.48. The van der Waals surface area contributed by atoms with E-state index in [1.807, 2.05) is 0 Å². The zero-order valence-corrected chi connectivity index (χ0v) is 8.54. The number of aliphatic carboxylic acids is 1. The number of rotatable bonds is 3. The first kappa shape index (κ1) is 9.98. The number of carbonyl (C=O) groups is 1. The lowest BCUT2D eigenvalue weighted by atomic mass is 10.2. The molecule has 0 fully saturated rings. The molecule has 0 aliphatic rings. The molecule has 0 amide bonds. The molecular formula is C8H8BrNO3. The highest BCUT2D eigenvalue weighted by Crippen LogP contribution is 2.21. The number of methoxy groups -OCH3 is 1. The monoisotopic (exact) mass is 245 g/mol. The van der Waals surface area contributed by atoms with Gasteiger partial charge in [-0.05, 0) is 22.0 Å². The first-order valence-electron chi connectivity index (χ1n) is 3.53. The Kier molecular flexibility index (Phi) is 3.25. The van der Waals surface area contributed by atoms with Gasteiger partial charge in [0.1, 0.15) is 5.75 Å². The second-order valence-electron chi connectivity index (χ2n) is 2.37. The molecule has 0 aliphatic heterocycles. The summed E-state index contributed by atoms with van der Waals surface area (Å²) in [6.07, 6.45) is 1.41. The summed E-state index contributed by atoms with van der Waals surface area (Å²) in [4.78, 5) is 14.4. The molecule has 0 aliphatic carbocycles. The van der Waals surface area contributed by atoms with Crippen molar-refractivity contribution in [2.75, 3.05) is 7.11 Å². The molecule has 1 rings (SSSR count). The van der Waals surface area contributed by atoms with Crippen LogP contribution >= 0.6 is 15.9 Å². The SMILES string of the molecule is COc1cc(Br)cnc1CC(=O)O. The van der Waals surface area contributed by atoms with Crippen LogP contribution in [-0.4, -0.2) is 23.2 Å². The van der Waals surface area contributed by atoms with Crippen LogP contribution in [0.5, 0.6) is 5.75 Å². The van der Waals surface area contributed by atoms with Crippen molar-refractivity contribution in [3.8, 4) is 5.75 Å². The van der Waals surface area contributed by atoms with Crippen molar-refractivity contribution < 1.29 is 14.6 Å². The number of hydrogen-bond donors (Lipinski definition) is 1. The van der Waals surface area contributed by atoms with Crippen molar-refractivity contribution in [2.45, 2.75) is 6.42 Å². The molecule has 1 aromatic heterocycles. The first-order valence-corrected chi connectivity index (χ1v) is 4.33. The molecule has 4 nitrogen and oxygen atoms in total. The van der Waals surface area contributed by atoms with E-state index >= 15 is 0 Å². The third-order valence-corrected chi connectivity index (χ3v) is 1.87. The second-order valence-corrected chi connectivity index (χ2v) is 3.29. The van der Waals surface area contributed by atoms with Crippen LogP contribution < -0.4 is 4.74 Å². The van der Waals surface area contributed by atoms with Gasteiger partial charge in [0.05, 0.1) is 19.2 Å². The average molecular weight is 246 g/mol. The van der Waals surface area contributed by atoms with Crippen molar-refractivity contribution >= 4 is 21.9 Å². The van der Waals surface area contributed by atoms with E-state index in [0.717, 1.165) is 4.47 Å². The van der Waals surface area contributed by atoms with E-state index in [4.69, 9.17) is 9.84 Å². The predicted molar refractivity (Wildman–Crippen MR) is 49.8 cm³/mol. The van der Waals surface area contributed by atoms with Gasteiger partial charge in [0.2, 0.25) is 0 Å². The standard InChI is InChI=1S/C8H8BrNO3/c1-13-7-2-5(9)4-10-6(7)3-8(11)12/h2,4H,3H2,1H3,(H,11,12). The Morgan fingerprint density at radius 2 is 2.46 bits per heavy atom. The van der Waals surface area contributed by atoms with E-state index < -0.39 is 5.97 Å². The highest BCUT2D eigenvalue weighted by molar-refractivity contribution is 9.10. The van der Waals surface area contributed by atoms with Crippen LogP contribution in [0.3, 0.4) is 0 Å². The van der Waals surface area contributed by atoms with Crippen LogP contribution in [0, 0.1) is 0 Å². The summed E-state index contributed by atoms with van der Waals surface area (Å²) in [7, 11) is 1.48. The van der Waals surface area contributed by atoms with Gasteiger partial charge in [-0.15, -0.1) is 0 Å². The third kappa shape index (κ3) is 2.69. The van der Waals surface area contributed by atoms with Crippen molar-refractivity contribution in [3.63, 3.8) is 0 Å². The molecular weight excluding hydrogens is 238 g/mol. The minimum Gasteiger partial charge on any atom is -0.495 e. The minimum absolute atomic E-state index is 0.129. The fourth-order valence-electron chi connectivity index (χ4n) is 0.902. The molecule has 0 bridgehead atoms. The summed E-state index contributed by atoms with van der Waals surface area (Å²) in [5.41, 5.74) is 0.429. The molecule has 0 saturated carbocycles. The molecule has 0 unspecified atom stereocenters. The number of carboxylic acid groups (broad SMARTS) is 1. The molecule has 5 heteroatoms. The average Bonchev–Trinajstić information content (AvgIpc) is 2.07. The Bertz CT molecular complexity index is 327. The van der Waals surface area contributed by atoms with Gasteiger partial charge in [-0.2, -0.15) is 0 Å². The Labute approximate surface area is 83.7 Å². The fraction of sp³-hybridized carbons (Fsp3) is 0.250. The maximum absolute atomic E-state index is 10.4. The fourth-order valence-corrected chi connectivity index (χ4v) is 1.21. The number of pyridine rings is 1. The number of hydrogen-bond acceptors (Lipinski definition) is 3. The maximum atomic E-state index is 10.4. The Morgan fingerprint density at radius 3 is 3.00 bits per heavy atom. The molecule has 0 saturated heterocycles. The van der Waals surface area contributed by atoms with Crippen molar-refractivity contribution in [1.29, 1.82) is 0 Å². The van der Waals surface area contributed by atoms with Crippen molar-refractivity contribution in [1.82, 2.24) is 4.98 Å². The lowest BCUT2D eigenvalue weighted by molar-refractivity contribution is -0.136. The quantitative estimate of drug-likeness (QED) is 0.877. The number of nitrogens with zero attached hydrogens (tertiary/aromatic N) is 1. The number of halogens is 1. The number of carboxylic acids is 1. The van der Waals surface area contributed by atoms with Crippen LogP contribution in [0.4, 0.5) is 0 Å². The molecule has 1 N–H and O–H groups in total. The largest absolute Gasteiger partial charge is 0.495 e. The van der Waals surface area contributed by atoms with Gasteiger partial charge in [0.25, 0.3) is 0 Å². The second kappa shape index (κ2) is 4.23. The van der Waals surface area contributed by atoms with E-state index in [-0.39, 0.29) is 6.42 Å². The maximum Gasteiger partial charge on any atom is 0.309 e. The first-order chi connectivity index (χ1) is 6.13. The van der Waals surface area contributed by atoms with Crippen LogP contribution in [0.1, 0.15) is 5.69 Å². The third-order valence-electron chi connectivity index (χ3n) is 1.44. The highest BCUT2D eigenvalue weighted by Gasteiger charge is 2.08. The normalized spacial score (nSPS) is 9.69. The lowest BCUT2D eigenvalue weighted by Gasteiger charge is -2.05. The smallest absolute Gasteiger partial charge is 0.309 e. The van der Waals surface area contributed by atoms with Crippen LogP contribution in [0.2, 0.25) is 0 Å². The van der Waals surface area contributed by atoms with Crippen LogP contribution in [0.25, 0.3) is 0 Å². The Balaban J connectivity index is 2.99. The number of aromatic nitrogens is 1. The summed E-state index contributed by atoms with van der Waals surface area (Å²) in [5, 5.41) is 8.55. The molecule has 1 aromatic rings. The minimum atomic E-state index is -0.923. The molecule has 0 atom stereocenters. The molecule has 1 heterocycles. The molecule has 13 heavy (non-hydrogen) atoms. The summed E-state index contributed by atoms with van der Waals surface area (Å²) < 4.78 is 5.73. The van der Waals surface area contributed by atoms with Crippen molar-refractivity contribution in [2.24, 2.45) is 0 Å². The zero-order valence-electron chi connectivity index (χ0n) is 6.95. The van der Waals surface area contributed by atoms with Gasteiger partial charge >= 0.3 is 5.97 Å². The topological polar surface area (TPSA) is 59.4 Å². The van der Waals surface area contributed by atoms with Gasteiger partial charge < -0.3 is 9.84 Å². The lowest BCUT2D eigenvalue weighted by Crippen LogP contribution is -2.04. The van der Waals surface area contributed by atoms with E-state index in [1.165, 1.54) is 7.11 Å². The molecule has 0 aromatic carbocycles. The molecule has 70 valence electrons. The molecule has 0 radical (unpaired) electrons. The van der Waals surface area contributed by atoms with E-state index in [9.17, 15) is 4.79 Å². The highest BCUT2D eigenvalue weighted by atomic mass is 79.9. The Hall–Kier alpha value is -1.10. The van der Waals surface area contributed by atoms with Gasteiger partial charge in [-0.1, -0.05) is 0 Å². The van der Waals surface area contributed by atoms with Gasteiger partial charge in [-0.25, -0.2) is 0 Å². The van der Waals surface area contributed by atoms with Crippen LogP contribution in [-0.2, 0) is 11.2 Å². The van der Waals surface area contributed by atoms with E-state index in [1.54, 1.807) is 12.3 Å². The van der Waals surface area contributed by atoms with Gasteiger partial charge in [-0.3, -0.25) is 9.78 Å². The summed E-state index contributed by atoms with van der Waals surface area (Å²) in [6.45, 7) is 0. The van der Waals surface area contributed by atoms with E-state index in [0.29, 0.717) is 11.4 Å². The van der Waals surface area contributed by atoms with Crippen LogP contribution in [0.15, 0.2) is 16.7 Å². The van der Waals surface area contributed by atoms with Gasteiger partial charge in [0.15, 0.2) is 0 Å². The molecule has 0 spiro atoms. The number of ether oxygens (including phenoxy) is 1. The van der Waals surface area contributed by atoms with Crippen molar-refractivity contribution in [3.05, 3.63) is 22.4 Å². The summed E-state index contributed by atoms with van der Waals surface area (Å²) in [6, 6.07) is 1.69. The zero-order chi connectivity index (χ0) is 9.84.